The third kappa shape index (κ3) is 4.19. The molecule has 3 heterocycles. The van der Waals surface area contributed by atoms with Crippen molar-refractivity contribution < 1.29 is 27.1 Å². The van der Waals surface area contributed by atoms with Crippen molar-refractivity contribution in [2.24, 2.45) is 0 Å². The lowest BCUT2D eigenvalue weighted by Gasteiger charge is -2.33. The van der Waals surface area contributed by atoms with Crippen LogP contribution >= 0.6 is 11.3 Å². The highest BCUT2D eigenvalue weighted by Gasteiger charge is 2.32. The second-order valence-electron chi connectivity index (χ2n) is 7.52. The van der Waals surface area contributed by atoms with Crippen molar-refractivity contribution >= 4 is 27.3 Å². The molecule has 0 atom stereocenters. The van der Waals surface area contributed by atoms with Crippen molar-refractivity contribution in [3.63, 3.8) is 0 Å². The number of ether oxygens (including phenoxy) is 2. The topological polar surface area (TPSA) is 89.0 Å². The van der Waals surface area contributed by atoms with E-state index in [1.165, 1.54) is 33.8 Å². The summed E-state index contributed by atoms with van der Waals surface area (Å²) in [6, 6.07) is 10.8. The number of piperazine rings is 1. The fourth-order valence-electron chi connectivity index (χ4n) is 3.76. The predicted molar refractivity (Wildman–Crippen MR) is 120 cm³/mol. The van der Waals surface area contributed by atoms with Crippen LogP contribution in [0.5, 0.6) is 11.5 Å². The third-order valence-electron chi connectivity index (χ3n) is 5.50. The average Bonchev–Trinajstić information content (AvgIpc) is 3.33. The highest BCUT2D eigenvalue weighted by molar-refractivity contribution is 7.89. The van der Waals surface area contributed by atoms with Crippen LogP contribution in [0.25, 0.3) is 10.6 Å². The van der Waals surface area contributed by atoms with Gasteiger partial charge in [0.2, 0.25) is 10.0 Å². The summed E-state index contributed by atoms with van der Waals surface area (Å²) in [7, 11) is -3.74. The molecule has 0 N–H and O–H groups in total. The summed E-state index contributed by atoms with van der Waals surface area (Å²) in [5, 5.41) is 2.03. The molecule has 2 aromatic carbocycles. The Morgan fingerprint density at radius 3 is 2.48 bits per heavy atom. The van der Waals surface area contributed by atoms with E-state index in [-0.39, 0.29) is 42.7 Å². The standard InChI is InChI=1S/C22H20FN3O5S2/c23-17-4-2-1-3-16(17)21-24-18(14-32-21)22(27)25-7-9-26(10-8-25)33(28,29)15-5-6-19-20(13-15)31-12-11-30-19/h1-6,13-14H,7-12H2. The monoisotopic (exact) mass is 489 g/mol. The second kappa shape index (κ2) is 8.73. The van der Waals surface area contributed by atoms with Crippen LogP contribution in [0.15, 0.2) is 52.7 Å². The van der Waals surface area contributed by atoms with Crippen LogP contribution in [0.2, 0.25) is 0 Å². The fraction of sp³-hybridized carbons (Fsp3) is 0.273. The first-order chi connectivity index (χ1) is 15.9. The molecule has 0 unspecified atom stereocenters. The van der Waals surface area contributed by atoms with E-state index in [1.54, 1.807) is 34.5 Å². The van der Waals surface area contributed by atoms with E-state index in [9.17, 15) is 17.6 Å². The first-order valence-electron chi connectivity index (χ1n) is 10.3. The lowest BCUT2D eigenvalue weighted by Crippen LogP contribution is -2.50. The molecule has 2 aliphatic heterocycles. The second-order valence-corrected chi connectivity index (χ2v) is 10.3. The summed E-state index contributed by atoms with van der Waals surface area (Å²) in [6.07, 6.45) is 0. The number of rotatable bonds is 4. The molecule has 1 aromatic heterocycles. The summed E-state index contributed by atoms with van der Waals surface area (Å²) < 4.78 is 52.5. The molecular formula is C22H20FN3O5S2. The van der Waals surface area contributed by atoms with E-state index in [0.29, 0.717) is 35.3 Å². The molecular weight excluding hydrogens is 469 g/mol. The molecule has 3 aromatic rings. The van der Waals surface area contributed by atoms with Crippen LogP contribution < -0.4 is 9.47 Å². The Morgan fingerprint density at radius 2 is 1.73 bits per heavy atom. The van der Waals surface area contributed by atoms with Gasteiger partial charge >= 0.3 is 0 Å². The number of hydrogen-bond acceptors (Lipinski definition) is 7. The van der Waals surface area contributed by atoms with Crippen molar-refractivity contribution in [1.29, 1.82) is 0 Å². The first-order valence-corrected chi connectivity index (χ1v) is 12.6. The number of nitrogens with zero attached hydrogens (tertiary/aromatic N) is 3. The number of hydrogen-bond donors (Lipinski definition) is 0. The first kappa shape index (κ1) is 21.8. The molecule has 0 aliphatic carbocycles. The quantitative estimate of drug-likeness (QED) is 0.560. The number of aromatic nitrogens is 1. The Morgan fingerprint density at radius 1 is 1.00 bits per heavy atom. The van der Waals surface area contributed by atoms with E-state index in [4.69, 9.17) is 9.47 Å². The summed E-state index contributed by atoms with van der Waals surface area (Å²) in [5.74, 6) is 0.230. The Kier molecular flexibility index (Phi) is 5.77. The minimum atomic E-state index is -3.74. The van der Waals surface area contributed by atoms with Crippen LogP contribution in [-0.2, 0) is 10.0 Å². The van der Waals surface area contributed by atoms with E-state index >= 15 is 0 Å². The molecule has 1 saturated heterocycles. The zero-order chi connectivity index (χ0) is 23.0. The maximum absolute atomic E-state index is 14.0. The van der Waals surface area contributed by atoms with Gasteiger partial charge in [-0.15, -0.1) is 11.3 Å². The van der Waals surface area contributed by atoms with E-state index in [1.807, 2.05) is 0 Å². The normalized spacial score (nSPS) is 16.6. The minimum Gasteiger partial charge on any atom is -0.486 e. The van der Waals surface area contributed by atoms with Gasteiger partial charge in [-0.05, 0) is 24.3 Å². The van der Waals surface area contributed by atoms with Crippen LogP contribution in [0.4, 0.5) is 4.39 Å². The zero-order valence-electron chi connectivity index (χ0n) is 17.4. The molecule has 1 amide bonds. The number of sulfonamides is 1. The van der Waals surface area contributed by atoms with Gasteiger partial charge in [-0.3, -0.25) is 4.79 Å². The van der Waals surface area contributed by atoms with Crippen LogP contribution in [-0.4, -0.2) is 67.9 Å². The summed E-state index contributed by atoms with van der Waals surface area (Å²) in [6.45, 7) is 1.58. The van der Waals surface area contributed by atoms with Crippen LogP contribution in [0.3, 0.4) is 0 Å². The third-order valence-corrected chi connectivity index (χ3v) is 8.28. The largest absolute Gasteiger partial charge is 0.486 e. The molecule has 1 fully saturated rings. The highest BCUT2D eigenvalue weighted by Crippen LogP contribution is 2.33. The number of fused-ring (bicyclic) bond motifs is 1. The van der Waals surface area contributed by atoms with Gasteiger partial charge in [0.25, 0.3) is 5.91 Å². The predicted octanol–water partition coefficient (Wildman–Crippen LogP) is 2.87. The fourth-order valence-corrected chi connectivity index (χ4v) is 6.02. The summed E-state index contributed by atoms with van der Waals surface area (Å²) >= 11 is 1.20. The molecule has 33 heavy (non-hydrogen) atoms. The molecule has 0 bridgehead atoms. The van der Waals surface area contributed by atoms with Gasteiger partial charge in [0.1, 0.15) is 29.7 Å². The van der Waals surface area contributed by atoms with Gasteiger partial charge in [-0.25, -0.2) is 17.8 Å². The number of carbonyl (C=O) groups excluding carboxylic acids is 1. The number of halogens is 1. The van der Waals surface area contributed by atoms with Crippen molar-refractivity contribution in [2.45, 2.75) is 4.90 Å². The SMILES string of the molecule is O=C(c1csc(-c2ccccc2F)n1)N1CCN(S(=O)(=O)c2ccc3c(c2)OCCO3)CC1. The van der Waals surface area contributed by atoms with Gasteiger partial charge in [0.05, 0.1) is 4.90 Å². The van der Waals surface area contributed by atoms with Crippen molar-refractivity contribution in [2.75, 3.05) is 39.4 Å². The maximum Gasteiger partial charge on any atom is 0.273 e. The van der Waals surface area contributed by atoms with E-state index in [2.05, 4.69) is 4.98 Å². The molecule has 0 saturated carbocycles. The molecule has 0 radical (unpaired) electrons. The van der Waals surface area contributed by atoms with Gasteiger partial charge < -0.3 is 14.4 Å². The zero-order valence-corrected chi connectivity index (χ0v) is 19.1. The maximum atomic E-state index is 14.0. The minimum absolute atomic E-state index is 0.126. The van der Waals surface area contributed by atoms with Crippen molar-refractivity contribution in [3.8, 4) is 22.1 Å². The Labute approximate surface area is 194 Å². The van der Waals surface area contributed by atoms with Gasteiger partial charge in [-0.2, -0.15) is 4.31 Å². The summed E-state index contributed by atoms with van der Waals surface area (Å²) in [4.78, 5) is 18.9. The van der Waals surface area contributed by atoms with Crippen molar-refractivity contribution in [3.05, 3.63) is 59.4 Å². The van der Waals surface area contributed by atoms with Gasteiger partial charge in [-0.1, -0.05) is 12.1 Å². The molecule has 8 nitrogen and oxygen atoms in total. The number of benzene rings is 2. The molecule has 172 valence electrons. The molecule has 11 heteroatoms. The molecule has 0 spiro atoms. The van der Waals surface area contributed by atoms with Gasteiger partial charge in [0, 0.05) is 43.2 Å². The molecule has 5 rings (SSSR count). The number of amides is 1. The van der Waals surface area contributed by atoms with E-state index in [0.717, 1.165) is 0 Å². The lowest BCUT2D eigenvalue weighted by atomic mass is 10.2. The molecule has 2 aliphatic rings. The van der Waals surface area contributed by atoms with Crippen LogP contribution in [0, 0.1) is 5.82 Å². The Bertz CT molecular complexity index is 1300. The average molecular weight is 490 g/mol. The van der Waals surface area contributed by atoms with Crippen molar-refractivity contribution in [1.82, 2.24) is 14.2 Å². The lowest BCUT2D eigenvalue weighted by molar-refractivity contribution is 0.0693. The Hall–Kier alpha value is -3.02. The smallest absolute Gasteiger partial charge is 0.273 e. The number of carbonyl (C=O) groups is 1. The Balaban J connectivity index is 1.26. The summed E-state index contributed by atoms with van der Waals surface area (Å²) in [5.41, 5.74) is 0.568. The van der Waals surface area contributed by atoms with Crippen LogP contribution in [0.1, 0.15) is 10.5 Å². The highest BCUT2D eigenvalue weighted by atomic mass is 32.2. The number of thiazole rings is 1. The van der Waals surface area contributed by atoms with E-state index < -0.39 is 15.8 Å². The van der Waals surface area contributed by atoms with Gasteiger partial charge in [0.15, 0.2) is 11.5 Å².